The summed E-state index contributed by atoms with van der Waals surface area (Å²) < 4.78 is 5.07. The molecule has 0 amide bonds. The highest BCUT2D eigenvalue weighted by molar-refractivity contribution is 7.19. The molecule has 0 aliphatic heterocycles. The van der Waals surface area contributed by atoms with Crippen LogP contribution in [0.15, 0.2) is 224 Å². The molecule has 0 saturated heterocycles. The van der Waals surface area contributed by atoms with Gasteiger partial charge in [-0.2, -0.15) is 0 Å². The molecule has 1 fully saturated rings. The second kappa shape index (κ2) is 15.6. The molecule has 2 nitrogen and oxygen atoms in total. The number of hydrogen-bond acceptors (Lipinski definition) is 0. The monoisotopic (exact) mass is 824 g/mol. The number of aromatic nitrogens is 2. The summed E-state index contributed by atoms with van der Waals surface area (Å²) in [5, 5.41) is 10.6. The number of hydrogen-bond donors (Lipinski definition) is 0. The van der Waals surface area contributed by atoms with Crippen molar-refractivity contribution in [2.75, 3.05) is 0 Å². The SMILES string of the molecule is c1ccc(-c2ccc3c(c2)c2ccc(-n4c5ccccc5c5ccc(C6CCCCC6)cc54)cc2n3-c2cccc([Si](c3ccccc3)(c3ccccc3)c3ccccc3)c2)cc1. The fourth-order valence-corrected chi connectivity index (χ4v) is 15.9. The summed E-state index contributed by atoms with van der Waals surface area (Å²) in [5.74, 6) is 0.629. The van der Waals surface area contributed by atoms with Crippen molar-refractivity contribution in [2.24, 2.45) is 0 Å². The zero-order chi connectivity index (χ0) is 41.7. The minimum atomic E-state index is -2.78. The molecule has 12 rings (SSSR count). The van der Waals surface area contributed by atoms with Gasteiger partial charge in [-0.1, -0.05) is 195 Å². The van der Waals surface area contributed by atoms with Crippen LogP contribution in [0.2, 0.25) is 0 Å². The van der Waals surface area contributed by atoms with Crippen molar-refractivity contribution in [3.05, 3.63) is 230 Å². The molecule has 9 aromatic carbocycles. The lowest BCUT2D eigenvalue weighted by Gasteiger charge is -2.34. The molecule has 63 heavy (non-hydrogen) atoms. The molecule has 2 aromatic heterocycles. The Balaban J connectivity index is 1.13. The Bertz CT molecular complexity index is 3320. The molecule has 0 spiro atoms. The minimum absolute atomic E-state index is 0.629. The third-order valence-corrected chi connectivity index (χ3v) is 18.8. The van der Waals surface area contributed by atoms with E-state index in [-0.39, 0.29) is 0 Å². The van der Waals surface area contributed by atoms with Crippen LogP contribution in [-0.4, -0.2) is 17.2 Å². The van der Waals surface area contributed by atoms with E-state index in [1.807, 2.05) is 0 Å². The average molecular weight is 825 g/mol. The highest BCUT2D eigenvalue weighted by Crippen LogP contribution is 2.40. The number of fused-ring (bicyclic) bond motifs is 6. The van der Waals surface area contributed by atoms with E-state index in [2.05, 4.69) is 234 Å². The van der Waals surface area contributed by atoms with Gasteiger partial charge in [0.1, 0.15) is 0 Å². The normalized spacial score (nSPS) is 13.7. The van der Waals surface area contributed by atoms with Crippen LogP contribution in [0.4, 0.5) is 0 Å². The number of benzene rings is 9. The first-order valence-electron chi connectivity index (χ1n) is 22.7. The zero-order valence-corrected chi connectivity index (χ0v) is 36.4. The van der Waals surface area contributed by atoms with Crippen molar-refractivity contribution in [1.82, 2.24) is 9.13 Å². The second-order valence-corrected chi connectivity index (χ2v) is 21.3. The van der Waals surface area contributed by atoms with Crippen LogP contribution >= 0.6 is 0 Å². The van der Waals surface area contributed by atoms with E-state index >= 15 is 0 Å². The molecule has 0 unspecified atom stereocenters. The molecule has 0 atom stereocenters. The van der Waals surface area contributed by atoms with E-state index in [4.69, 9.17) is 0 Å². The summed E-state index contributed by atoms with van der Waals surface area (Å²) in [6.07, 6.45) is 6.57. The van der Waals surface area contributed by atoms with Crippen molar-refractivity contribution >= 4 is 72.4 Å². The van der Waals surface area contributed by atoms with Gasteiger partial charge in [0.2, 0.25) is 0 Å². The maximum Gasteiger partial charge on any atom is 0.179 e. The Kier molecular flexibility index (Phi) is 9.30. The molecule has 0 N–H and O–H groups in total. The summed E-state index contributed by atoms with van der Waals surface area (Å²) in [7, 11) is -2.78. The van der Waals surface area contributed by atoms with Crippen molar-refractivity contribution in [3.8, 4) is 22.5 Å². The van der Waals surface area contributed by atoms with E-state index in [0.717, 1.165) is 0 Å². The maximum atomic E-state index is 2.54. The minimum Gasteiger partial charge on any atom is -0.309 e. The van der Waals surface area contributed by atoms with Crippen LogP contribution in [-0.2, 0) is 0 Å². The van der Waals surface area contributed by atoms with E-state index < -0.39 is 8.07 Å². The van der Waals surface area contributed by atoms with Crippen LogP contribution in [0.5, 0.6) is 0 Å². The largest absolute Gasteiger partial charge is 0.309 e. The van der Waals surface area contributed by atoms with Gasteiger partial charge in [0, 0.05) is 32.9 Å². The summed E-state index contributed by atoms with van der Waals surface area (Å²) in [6.45, 7) is 0. The Hall–Kier alpha value is -7.20. The molecular weight excluding hydrogens is 777 g/mol. The molecule has 0 radical (unpaired) electrons. The van der Waals surface area contributed by atoms with Crippen molar-refractivity contribution in [1.29, 1.82) is 0 Å². The Morgan fingerprint density at radius 1 is 0.317 bits per heavy atom. The topological polar surface area (TPSA) is 9.86 Å². The van der Waals surface area contributed by atoms with Crippen LogP contribution in [0.1, 0.15) is 43.6 Å². The summed E-state index contributed by atoms with van der Waals surface area (Å²) in [5.41, 5.74) is 11.2. The molecule has 302 valence electrons. The summed E-state index contributed by atoms with van der Waals surface area (Å²) >= 11 is 0. The van der Waals surface area contributed by atoms with Crippen LogP contribution < -0.4 is 20.7 Å². The molecule has 1 aliphatic rings. The Labute approximate surface area is 370 Å². The Morgan fingerprint density at radius 2 is 0.841 bits per heavy atom. The van der Waals surface area contributed by atoms with Gasteiger partial charge in [-0.25, -0.2) is 0 Å². The smallest absolute Gasteiger partial charge is 0.179 e. The summed E-state index contributed by atoms with van der Waals surface area (Å²) in [4.78, 5) is 0. The van der Waals surface area contributed by atoms with Crippen molar-refractivity contribution in [3.63, 3.8) is 0 Å². The average Bonchev–Trinajstić information content (AvgIpc) is 3.87. The van der Waals surface area contributed by atoms with Crippen LogP contribution in [0.25, 0.3) is 66.1 Å². The quantitative estimate of drug-likeness (QED) is 0.107. The molecule has 11 aromatic rings. The zero-order valence-electron chi connectivity index (χ0n) is 35.4. The lowest BCUT2D eigenvalue weighted by atomic mass is 9.84. The first-order chi connectivity index (χ1) is 31.3. The number of para-hydroxylation sites is 1. The highest BCUT2D eigenvalue weighted by Gasteiger charge is 2.41. The van der Waals surface area contributed by atoms with Gasteiger partial charge < -0.3 is 9.13 Å². The molecule has 1 saturated carbocycles. The number of rotatable bonds is 8. The maximum absolute atomic E-state index is 2.78. The molecule has 0 bridgehead atoms. The lowest BCUT2D eigenvalue weighted by Crippen LogP contribution is -2.74. The molecule has 1 aliphatic carbocycles. The molecule has 3 heteroatoms. The van der Waals surface area contributed by atoms with Crippen LogP contribution in [0.3, 0.4) is 0 Å². The Morgan fingerprint density at radius 3 is 1.52 bits per heavy atom. The second-order valence-electron chi connectivity index (χ2n) is 17.5. The predicted molar refractivity (Wildman–Crippen MR) is 270 cm³/mol. The standard InChI is InChI=1S/C60H48N2Si/c1-6-19-43(20-7-1)45-34-38-58-56(39-45)55-37-35-48(62-57-32-17-16-31-53(57)54-36-33-46(40-59(54)62)44-21-8-2-9-22-44)42-60(55)61(58)47-23-18-30-52(41-47)63(49-24-10-3-11-25-49,50-26-12-4-13-27-50)51-28-14-5-15-29-51/h1,3-7,10-20,23-42,44H,2,8-9,21-22H2. The molecule has 2 heterocycles. The third kappa shape index (κ3) is 6.21. The fraction of sp³-hybridized carbons (Fsp3) is 0.100. The first-order valence-corrected chi connectivity index (χ1v) is 24.7. The van der Waals surface area contributed by atoms with E-state index in [9.17, 15) is 0 Å². The summed E-state index contributed by atoms with van der Waals surface area (Å²) in [6, 6.07) is 84.6. The molecular formula is C60H48N2Si. The van der Waals surface area contributed by atoms with Crippen molar-refractivity contribution in [2.45, 2.75) is 38.0 Å². The van der Waals surface area contributed by atoms with E-state index in [1.54, 1.807) is 0 Å². The van der Waals surface area contributed by atoms with Crippen molar-refractivity contribution < 1.29 is 0 Å². The van der Waals surface area contributed by atoms with Gasteiger partial charge in [0.05, 0.1) is 22.1 Å². The van der Waals surface area contributed by atoms with Gasteiger partial charge in [-0.15, -0.1) is 0 Å². The predicted octanol–water partition coefficient (Wildman–Crippen LogP) is 13.0. The lowest BCUT2D eigenvalue weighted by molar-refractivity contribution is 0.444. The third-order valence-electron chi connectivity index (χ3n) is 14.0. The highest BCUT2D eigenvalue weighted by atomic mass is 28.3. The number of nitrogens with zero attached hydrogens (tertiary/aromatic N) is 2. The van der Waals surface area contributed by atoms with Gasteiger partial charge in [0.25, 0.3) is 0 Å². The fourth-order valence-electron chi connectivity index (χ4n) is 11.1. The van der Waals surface area contributed by atoms with Gasteiger partial charge >= 0.3 is 0 Å². The van der Waals surface area contributed by atoms with E-state index in [0.29, 0.717) is 5.92 Å². The van der Waals surface area contributed by atoms with Crippen LogP contribution in [0, 0.1) is 0 Å². The van der Waals surface area contributed by atoms with Gasteiger partial charge in [-0.05, 0) is 105 Å². The van der Waals surface area contributed by atoms with E-state index in [1.165, 1.54) is 125 Å². The van der Waals surface area contributed by atoms with Gasteiger partial charge in [0.15, 0.2) is 8.07 Å². The van der Waals surface area contributed by atoms with Gasteiger partial charge in [-0.3, -0.25) is 0 Å². The first kappa shape index (κ1) is 37.5.